The summed E-state index contributed by atoms with van der Waals surface area (Å²) in [4.78, 5) is 12.8. The third-order valence-corrected chi connectivity index (χ3v) is 7.18. The predicted molar refractivity (Wildman–Crippen MR) is 102 cm³/mol. The lowest BCUT2D eigenvalue weighted by Crippen LogP contribution is -2.42. The van der Waals surface area contributed by atoms with Gasteiger partial charge in [-0.05, 0) is 43.2 Å². The van der Waals surface area contributed by atoms with Crippen LogP contribution >= 0.6 is 0 Å². The molecule has 1 N–H and O–H groups in total. The van der Waals surface area contributed by atoms with Gasteiger partial charge in [0.05, 0.1) is 15.9 Å². The van der Waals surface area contributed by atoms with Crippen LogP contribution in [0, 0.1) is 22.0 Å². The van der Waals surface area contributed by atoms with Crippen LogP contribution in [0.1, 0.15) is 33.1 Å². The van der Waals surface area contributed by atoms with Gasteiger partial charge in [0, 0.05) is 32.2 Å². The van der Waals surface area contributed by atoms with Crippen molar-refractivity contribution in [3.63, 3.8) is 0 Å². The molecule has 0 radical (unpaired) electrons. The number of nitro benzene ring substituents is 1. The SMILES string of the molecule is C[C@H]1C[C@H](C)CN(S(=O)(=O)c2ccc(N3CCC[C@H](O)C3)c([N+](=O)[O-])c2)C1. The number of rotatable bonds is 4. The van der Waals surface area contributed by atoms with Crippen LogP contribution < -0.4 is 4.90 Å². The number of benzene rings is 1. The second-order valence-corrected chi connectivity index (χ2v) is 9.86. The minimum atomic E-state index is -3.78. The Bertz CT molecular complexity index is 803. The molecule has 3 rings (SSSR count). The predicted octanol–water partition coefficient (Wildman–Crippen LogP) is 2.22. The lowest BCUT2D eigenvalue weighted by Gasteiger charge is -2.34. The van der Waals surface area contributed by atoms with Gasteiger partial charge in [0.2, 0.25) is 10.0 Å². The summed E-state index contributed by atoms with van der Waals surface area (Å²) < 4.78 is 27.5. The van der Waals surface area contributed by atoms with Gasteiger partial charge in [0.15, 0.2) is 0 Å². The smallest absolute Gasteiger partial charge is 0.293 e. The summed E-state index contributed by atoms with van der Waals surface area (Å²) in [5.41, 5.74) is 0.126. The number of anilines is 1. The Balaban J connectivity index is 1.94. The highest BCUT2D eigenvalue weighted by Gasteiger charge is 2.34. The zero-order chi connectivity index (χ0) is 19.8. The molecule has 2 heterocycles. The van der Waals surface area contributed by atoms with Crippen molar-refractivity contribution in [3.8, 4) is 0 Å². The summed E-state index contributed by atoms with van der Waals surface area (Å²) in [5, 5.41) is 21.5. The van der Waals surface area contributed by atoms with Crippen LogP contribution in [0.25, 0.3) is 0 Å². The standard InChI is InChI=1S/C18H27N3O5S/c1-13-8-14(2)11-20(10-13)27(25,26)16-5-6-17(18(9-16)21(23)24)19-7-3-4-15(22)12-19/h5-6,9,13-15,22H,3-4,7-8,10-12H2,1-2H3/t13-,14-,15-/m0/s1. The molecule has 9 heteroatoms. The molecule has 0 amide bonds. The van der Waals surface area contributed by atoms with Gasteiger partial charge in [0.1, 0.15) is 5.69 Å². The van der Waals surface area contributed by atoms with Gasteiger partial charge >= 0.3 is 0 Å². The number of piperidine rings is 2. The molecular formula is C18H27N3O5S. The first-order valence-electron chi connectivity index (χ1n) is 9.40. The van der Waals surface area contributed by atoms with E-state index in [-0.39, 0.29) is 22.4 Å². The van der Waals surface area contributed by atoms with Crippen molar-refractivity contribution < 1.29 is 18.4 Å². The number of aliphatic hydroxyl groups excluding tert-OH is 1. The molecule has 0 saturated carbocycles. The van der Waals surface area contributed by atoms with Gasteiger partial charge in [0.25, 0.3) is 5.69 Å². The quantitative estimate of drug-likeness (QED) is 0.617. The van der Waals surface area contributed by atoms with E-state index in [9.17, 15) is 23.6 Å². The second-order valence-electron chi connectivity index (χ2n) is 7.92. The molecule has 2 fully saturated rings. The Morgan fingerprint density at radius 3 is 2.44 bits per heavy atom. The molecular weight excluding hydrogens is 370 g/mol. The lowest BCUT2D eigenvalue weighted by molar-refractivity contribution is -0.384. The minimum absolute atomic E-state index is 0.0446. The zero-order valence-electron chi connectivity index (χ0n) is 15.7. The molecule has 150 valence electrons. The van der Waals surface area contributed by atoms with Crippen LogP contribution in [0.4, 0.5) is 11.4 Å². The molecule has 2 saturated heterocycles. The largest absolute Gasteiger partial charge is 0.391 e. The number of nitro groups is 1. The highest BCUT2D eigenvalue weighted by molar-refractivity contribution is 7.89. The van der Waals surface area contributed by atoms with Crippen molar-refractivity contribution in [3.05, 3.63) is 28.3 Å². The monoisotopic (exact) mass is 397 g/mol. The summed E-state index contributed by atoms with van der Waals surface area (Å²) in [6.07, 6.45) is 1.85. The highest BCUT2D eigenvalue weighted by Crippen LogP contribution is 2.34. The van der Waals surface area contributed by atoms with E-state index in [1.807, 2.05) is 13.8 Å². The fraction of sp³-hybridized carbons (Fsp3) is 0.667. The fourth-order valence-corrected chi connectivity index (χ4v) is 5.90. The van der Waals surface area contributed by atoms with E-state index in [4.69, 9.17) is 0 Å². The van der Waals surface area contributed by atoms with Gasteiger partial charge in [-0.15, -0.1) is 0 Å². The summed E-state index contributed by atoms with van der Waals surface area (Å²) >= 11 is 0. The number of sulfonamides is 1. The van der Waals surface area contributed by atoms with Crippen molar-refractivity contribution in [2.75, 3.05) is 31.1 Å². The van der Waals surface area contributed by atoms with E-state index in [0.29, 0.717) is 38.3 Å². The number of β-amino-alcohol motifs (C(OH)–C–C–N with tert-alkyl or cyclic N) is 1. The van der Waals surface area contributed by atoms with E-state index in [1.165, 1.54) is 16.4 Å². The van der Waals surface area contributed by atoms with Gasteiger partial charge in [-0.1, -0.05) is 13.8 Å². The molecule has 0 aliphatic carbocycles. The van der Waals surface area contributed by atoms with E-state index in [1.54, 1.807) is 4.90 Å². The molecule has 0 aromatic heterocycles. The van der Waals surface area contributed by atoms with E-state index >= 15 is 0 Å². The molecule has 1 aromatic rings. The maximum absolute atomic E-state index is 13.0. The summed E-state index contributed by atoms with van der Waals surface area (Å²) in [7, 11) is -3.78. The molecule has 1 aromatic carbocycles. The molecule has 3 atom stereocenters. The Labute approximate surface area is 160 Å². The van der Waals surface area contributed by atoms with Gasteiger partial charge < -0.3 is 10.0 Å². The molecule has 0 bridgehead atoms. The molecule has 8 nitrogen and oxygen atoms in total. The zero-order valence-corrected chi connectivity index (χ0v) is 16.6. The molecule has 0 unspecified atom stereocenters. The van der Waals surface area contributed by atoms with E-state index in [2.05, 4.69) is 0 Å². The van der Waals surface area contributed by atoms with Crippen LogP contribution in [0.3, 0.4) is 0 Å². The van der Waals surface area contributed by atoms with Crippen molar-refractivity contribution in [2.45, 2.75) is 44.1 Å². The Hall–Kier alpha value is -1.71. The van der Waals surface area contributed by atoms with E-state index in [0.717, 1.165) is 18.9 Å². The number of hydrogen-bond donors (Lipinski definition) is 1. The summed E-state index contributed by atoms with van der Waals surface area (Å²) in [5.74, 6) is 0.514. The lowest BCUT2D eigenvalue weighted by atomic mass is 9.94. The number of nitrogens with zero attached hydrogens (tertiary/aromatic N) is 3. The van der Waals surface area contributed by atoms with Crippen molar-refractivity contribution in [1.29, 1.82) is 0 Å². The molecule has 2 aliphatic heterocycles. The van der Waals surface area contributed by atoms with Crippen molar-refractivity contribution in [1.82, 2.24) is 4.31 Å². The van der Waals surface area contributed by atoms with Crippen LogP contribution in [0.2, 0.25) is 0 Å². The Morgan fingerprint density at radius 2 is 1.85 bits per heavy atom. The Morgan fingerprint density at radius 1 is 1.19 bits per heavy atom. The second kappa shape index (κ2) is 7.73. The molecule has 27 heavy (non-hydrogen) atoms. The summed E-state index contributed by atoms with van der Waals surface area (Å²) in [6.45, 7) is 5.82. The fourth-order valence-electron chi connectivity index (χ4n) is 4.20. The molecule has 0 spiro atoms. The van der Waals surface area contributed by atoms with Crippen molar-refractivity contribution >= 4 is 21.4 Å². The maximum Gasteiger partial charge on any atom is 0.293 e. The Kier molecular flexibility index (Phi) is 5.73. The number of hydrogen-bond acceptors (Lipinski definition) is 6. The first-order valence-corrected chi connectivity index (χ1v) is 10.8. The van der Waals surface area contributed by atoms with E-state index < -0.39 is 21.1 Å². The van der Waals surface area contributed by atoms with Crippen molar-refractivity contribution in [2.24, 2.45) is 11.8 Å². The minimum Gasteiger partial charge on any atom is -0.391 e. The third-order valence-electron chi connectivity index (χ3n) is 5.35. The van der Waals surface area contributed by atoms with Crippen LogP contribution in [-0.2, 0) is 10.0 Å². The van der Waals surface area contributed by atoms with Gasteiger partial charge in [-0.3, -0.25) is 10.1 Å². The third kappa shape index (κ3) is 4.25. The average Bonchev–Trinajstić information content (AvgIpc) is 2.60. The van der Waals surface area contributed by atoms with Crippen LogP contribution in [-0.4, -0.2) is 55.0 Å². The first-order chi connectivity index (χ1) is 12.7. The topological polar surface area (TPSA) is 104 Å². The number of aliphatic hydroxyl groups is 1. The normalized spacial score (nSPS) is 27.5. The first kappa shape index (κ1) is 20.0. The van der Waals surface area contributed by atoms with Gasteiger partial charge in [-0.2, -0.15) is 4.31 Å². The highest BCUT2D eigenvalue weighted by atomic mass is 32.2. The van der Waals surface area contributed by atoms with Crippen LogP contribution in [0.15, 0.2) is 23.1 Å². The average molecular weight is 397 g/mol. The van der Waals surface area contributed by atoms with Crippen LogP contribution in [0.5, 0.6) is 0 Å². The summed E-state index contributed by atoms with van der Waals surface area (Å²) in [6, 6.07) is 4.11. The molecule has 2 aliphatic rings. The van der Waals surface area contributed by atoms with Gasteiger partial charge in [-0.25, -0.2) is 8.42 Å². The maximum atomic E-state index is 13.0.